The van der Waals surface area contributed by atoms with Crippen LogP contribution >= 0.6 is 0 Å². The summed E-state index contributed by atoms with van der Waals surface area (Å²) in [4.78, 5) is 36.8. The Morgan fingerprint density at radius 1 is 1.29 bits per heavy atom. The first-order valence-electron chi connectivity index (χ1n) is 8.00. The first-order chi connectivity index (χ1) is 11.4. The number of hydrogen-bond acceptors (Lipinski definition) is 3. The molecule has 1 fully saturated rings. The van der Waals surface area contributed by atoms with Crippen molar-refractivity contribution in [3.05, 3.63) is 29.8 Å². The predicted octanol–water partition coefficient (Wildman–Crippen LogP) is 1.83. The number of carbonyl (C=O) groups is 3. The molecule has 0 bridgehead atoms. The number of urea groups is 1. The van der Waals surface area contributed by atoms with E-state index in [0.717, 1.165) is 5.56 Å². The van der Waals surface area contributed by atoms with E-state index in [9.17, 15) is 14.4 Å². The Hall–Kier alpha value is -2.57. The number of nitrogens with zero attached hydrogens (tertiary/aromatic N) is 1. The van der Waals surface area contributed by atoms with Crippen molar-refractivity contribution in [3.63, 3.8) is 0 Å². The molecular formula is C17H23N3O4. The molecule has 2 atom stereocenters. The second-order valence-electron chi connectivity index (χ2n) is 6.18. The smallest absolute Gasteiger partial charge is 0.319 e. The number of likely N-dealkylation sites (tertiary alicyclic amines) is 1. The summed E-state index contributed by atoms with van der Waals surface area (Å²) < 4.78 is 0. The Kier molecular flexibility index (Phi) is 5.78. The van der Waals surface area contributed by atoms with Gasteiger partial charge in [-0.3, -0.25) is 9.59 Å². The third kappa shape index (κ3) is 4.71. The van der Waals surface area contributed by atoms with Crippen LogP contribution in [0.4, 0.5) is 10.5 Å². The second kappa shape index (κ2) is 7.81. The largest absolute Gasteiger partial charge is 0.481 e. The molecule has 0 aliphatic carbocycles. The first kappa shape index (κ1) is 17.8. The molecule has 0 radical (unpaired) electrons. The van der Waals surface area contributed by atoms with Crippen LogP contribution in [0.15, 0.2) is 24.3 Å². The molecule has 1 heterocycles. The van der Waals surface area contributed by atoms with Gasteiger partial charge in [0.2, 0.25) is 5.91 Å². The Morgan fingerprint density at radius 2 is 2.04 bits per heavy atom. The monoisotopic (exact) mass is 333 g/mol. The zero-order valence-electron chi connectivity index (χ0n) is 13.9. The number of aryl methyl sites for hydroxylation is 1. The minimum atomic E-state index is -0.884. The van der Waals surface area contributed by atoms with E-state index in [-0.39, 0.29) is 25.0 Å². The van der Waals surface area contributed by atoms with Crippen LogP contribution in [-0.2, 0) is 9.59 Å². The van der Waals surface area contributed by atoms with Crippen LogP contribution < -0.4 is 10.6 Å². The van der Waals surface area contributed by atoms with Gasteiger partial charge in [0.15, 0.2) is 0 Å². The average molecular weight is 333 g/mol. The quantitative estimate of drug-likeness (QED) is 0.783. The molecule has 3 amide bonds. The van der Waals surface area contributed by atoms with E-state index >= 15 is 0 Å². The molecule has 0 aromatic heterocycles. The van der Waals surface area contributed by atoms with Crippen LogP contribution in [0.1, 0.15) is 25.3 Å². The number of nitrogens with one attached hydrogen (secondary N) is 2. The van der Waals surface area contributed by atoms with Gasteiger partial charge in [-0.15, -0.1) is 0 Å². The number of piperidine rings is 1. The van der Waals surface area contributed by atoms with Gasteiger partial charge in [-0.05, 0) is 44.4 Å². The number of hydrogen-bond donors (Lipinski definition) is 3. The molecule has 1 aromatic carbocycles. The second-order valence-corrected chi connectivity index (χ2v) is 6.18. The number of anilines is 1. The van der Waals surface area contributed by atoms with Crippen molar-refractivity contribution in [3.8, 4) is 0 Å². The Bertz CT molecular complexity index is 632. The number of carboxylic acids is 1. The maximum absolute atomic E-state index is 12.3. The highest BCUT2D eigenvalue weighted by Gasteiger charge is 2.32. The number of amides is 3. The van der Waals surface area contributed by atoms with E-state index in [1.165, 1.54) is 4.90 Å². The minimum absolute atomic E-state index is 0.0188. The van der Waals surface area contributed by atoms with Gasteiger partial charge in [-0.1, -0.05) is 12.1 Å². The van der Waals surface area contributed by atoms with Crippen molar-refractivity contribution in [2.45, 2.75) is 32.7 Å². The molecule has 2 unspecified atom stereocenters. The molecule has 7 heteroatoms. The van der Waals surface area contributed by atoms with E-state index in [2.05, 4.69) is 10.6 Å². The van der Waals surface area contributed by atoms with Crippen molar-refractivity contribution >= 4 is 23.6 Å². The van der Waals surface area contributed by atoms with Crippen LogP contribution in [0.25, 0.3) is 0 Å². The predicted molar refractivity (Wildman–Crippen MR) is 89.7 cm³/mol. The van der Waals surface area contributed by atoms with Gasteiger partial charge in [0, 0.05) is 18.3 Å². The van der Waals surface area contributed by atoms with E-state index < -0.39 is 17.9 Å². The number of rotatable bonds is 4. The lowest BCUT2D eigenvalue weighted by molar-refractivity contribution is -0.146. The topological polar surface area (TPSA) is 98.7 Å². The van der Waals surface area contributed by atoms with Crippen LogP contribution in [0, 0.1) is 12.8 Å². The van der Waals surface area contributed by atoms with Gasteiger partial charge in [0.05, 0.1) is 12.5 Å². The Morgan fingerprint density at radius 3 is 2.71 bits per heavy atom. The maximum atomic E-state index is 12.3. The molecule has 1 aliphatic heterocycles. The number of benzene rings is 1. The molecule has 0 saturated carbocycles. The fraction of sp³-hybridized carbons (Fsp3) is 0.471. The lowest BCUT2D eigenvalue weighted by Crippen LogP contribution is -2.50. The molecule has 0 spiro atoms. The van der Waals surface area contributed by atoms with Gasteiger partial charge in [0.1, 0.15) is 0 Å². The number of carbonyl (C=O) groups excluding carboxylic acids is 2. The molecule has 1 aromatic rings. The molecule has 3 N–H and O–H groups in total. The van der Waals surface area contributed by atoms with Crippen LogP contribution in [0.3, 0.4) is 0 Å². The van der Waals surface area contributed by atoms with Crippen LogP contribution in [-0.4, -0.2) is 47.0 Å². The van der Waals surface area contributed by atoms with Gasteiger partial charge >= 0.3 is 12.0 Å². The fourth-order valence-corrected chi connectivity index (χ4v) is 2.81. The number of aliphatic carboxylic acids is 1. The molecule has 1 saturated heterocycles. The molecule has 130 valence electrons. The van der Waals surface area contributed by atoms with Gasteiger partial charge in [0.25, 0.3) is 0 Å². The molecule has 7 nitrogen and oxygen atoms in total. The third-order valence-electron chi connectivity index (χ3n) is 4.23. The summed E-state index contributed by atoms with van der Waals surface area (Å²) in [5.41, 5.74) is 1.67. The van der Waals surface area contributed by atoms with Crippen molar-refractivity contribution in [1.29, 1.82) is 0 Å². The SMILES string of the molecule is Cc1cccc(NC(=O)NCC(=O)N2CC(C(=O)O)CCC2C)c1. The summed E-state index contributed by atoms with van der Waals surface area (Å²) in [6.07, 6.45) is 1.22. The van der Waals surface area contributed by atoms with Crippen molar-refractivity contribution in [1.82, 2.24) is 10.2 Å². The van der Waals surface area contributed by atoms with E-state index in [1.54, 1.807) is 6.07 Å². The van der Waals surface area contributed by atoms with E-state index in [1.807, 2.05) is 32.0 Å². The lowest BCUT2D eigenvalue weighted by atomic mass is 9.93. The molecule has 1 aliphatic rings. The van der Waals surface area contributed by atoms with E-state index in [0.29, 0.717) is 18.5 Å². The standard InChI is InChI=1S/C17H23N3O4/c1-11-4-3-5-14(8-11)19-17(24)18-9-15(21)20-10-13(16(22)23)7-6-12(20)2/h3-5,8,12-13H,6-7,9-10H2,1-2H3,(H,22,23)(H2,18,19,24). The van der Waals surface area contributed by atoms with Crippen molar-refractivity contribution < 1.29 is 19.5 Å². The Labute approximate surface area is 141 Å². The number of carboxylic acid groups (broad SMARTS) is 1. The summed E-state index contributed by atoms with van der Waals surface area (Å²) >= 11 is 0. The third-order valence-corrected chi connectivity index (χ3v) is 4.23. The summed E-state index contributed by atoms with van der Waals surface area (Å²) in [5.74, 6) is -1.69. The summed E-state index contributed by atoms with van der Waals surface area (Å²) in [6, 6.07) is 6.85. The zero-order chi connectivity index (χ0) is 17.7. The van der Waals surface area contributed by atoms with Gasteiger partial charge in [-0.25, -0.2) is 4.79 Å². The van der Waals surface area contributed by atoms with Crippen molar-refractivity contribution in [2.24, 2.45) is 5.92 Å². The minimum Gasteiger partial charge on any atom is -0.481 e. The first-order valence-corrected chi connectivity index (χ1v) is 8.00. The summed E-state index contributed by atoms with van der Waals surface area (Å²) in [7, 11) is 0. The van der Waals surface area contributed by atoms with Crippen LogP contribution in [0.5, 0.6) is 0 Å². The highest BCUT2D eigenvalue weighted by Crippen LogP contribution is 2.22. The molecular weight excluding hydrogens is 310 g/mol. The van der Waals surface area contributed by atoms with E-state index in [4.69, 9.17) is 5.11 Å². The summed E-state index contributed by atoms with van der Waals surface area (Å²) in [6.45, 7) is 3.84. The highest BCUT2D eigenvalue weighted by atomic mass is 16.4. The summed E-state index contributed by atoms with van der Waals surface area (Å²) in [5, 5.41) is 14.3. The van der Waals surface area contributed by atoms with Crippen LogP contribution in [0.2, 0.25) is 0 Å². The van der Waals surface area contributed by atoms with Gasteiger partial charge in [-0.2, -0.15) is 0 Å². The fourth-order valence-electron chi connectivity index (χ4n) is 2.81. The zero-order valence-corrected chi connectivity index (χ0v) is 13.9. The maximum Gasteiger partial charge on any atom is 0.319 e. The lowest BCUT2D eigenvalue weighted by Gasteiger charge is -2.36. The molecule has 24 heavy (non-hydrogen) atoms. The average Bonchev–Trinajstić information content (AvgIpc) is 2.52. The Balaban J connectivity index is 1.85. The normalized spacial score (nSPS) is 20.3. The van der Waals surface area contributed by atoms with Crippen molar-refractivity contribution in [2.75, 3.05) is 18.4 Å². The highest BCUT2D eigenvalue weighted by molar-refractivity contribution is 5.92. The molecule has 2 rings (SSSR count). The van der Waals surface area contributed by atoms with Gasteiger partial charge < -0.3 is 20.6 Å².